The Balaban J connectivity index is 1.88. The molecular weight excluding hydrogens is 242 g/mol. The maximum absolute atomic E-state index is 12.4. The molecule has 0 saturated heterocycles. The van der Waals surface area contributed by atoms with Crippen molar-refractivity contribution in [2.45, 2.75) is 58.4 Å². The van der Waals surface area contributed by atoms with E-state index >= 15 is 0 Å². The van der Waals surface area contributed by atoms with Crippen LogP contribution in [0.25, 0.3) is 0 Å². The second kappa shape index (κ2) is 5.93. The number of nitrogens with zero attached hydrogens (tertiary/aromatic N) is 1. The van der Waals surface area contributed by atoms with Gasteiger partial charge in [0.2, 0.25) is 5.91 Å². The molecule has 2 aliphatic carbocycles. The SMILES string of the molecule is CCN(C(=O)CC1CC2CCC1C2)C(C)CC(=O)O. The minimum Gasteiger partial charge on any atom is -0.481 e. The minimum atomic E-state index is -0.835. The molecule has 0 heterocycles. The lowest BCUT2D eigenvalue weighted by atomic mass is 9.86. The standard InChI is InChI=1S/C15H25NO3/c1-3-16(10(2)6-15(18)19)14(17)9-13-8-11-4-5-12(13)7-11/h10-13H,3-9H2,1-2H3,(H,18,19). The first-order valence-electron chi connectivity index (χ1n) is 7.52. The molecule has 4 atom stereocenters. The van der Waals surface area contributed by atoms with Crippen molar-refractivity contribution in [3.8, 4) is 0 Å². The molecule has 2 bridgehead atoms. The lowest BCUT2D eigenvalue weighted by Crippen LogP contribution is -2.40. The maximum Gasteiger partial charge on any atom is 0.305 e. The van der Waals surface area contributed by atoms with E-state index in [4.69, 9.17) is 5.11 Å². The van der Waals surface area contributed by atoms with E-state index in [2.05, 4.69) is 0 Å². The second-order valence-corrected chi connectivity index (χ2v) is 6.27. The normalized spacial score (nSPS) is 30.3. The van der Waals surface area contributed by atoms with E-state index in [1.807, 2.05) is 13.8 Å². The molecule has 108 valence electrons. The van der Waals surface area contributed by atoms with E-state index in [1.165, 1.54) is 25.7 Å². The Morgan fingerprint density at radius 3 is 2.53 bits per heavy atom. The first-order chi connectivity index (χ1) is 9.01. The predicted octanol–water partition coefficient (Wildman–Crippen LogP) is 2.52. The van der Waals surface area contributed by atoms with Crippen molar-refractivity contribution >= 4 is 11.9 Å². The summed E-state index contributed by atoms with van der Waals surface area (Å²) in [6, 6.07) is -0.200. The number of amides is 1. The van der Waals surface area contributed by atoms with Gasteiger partial charge in [-0.25, -0.2) is 0 Å². The molecule has 2 aliphatic rings. The highest BCUT2D eigenvalue weighted by Crippen LogP contribution is 2.49. The number of carboxylic acids is 1. The molecule has 19 heavy (non-hydrogen) atoms. The number of aliphatic carboxylic acids is 1. The summed E-state index contributed by atoms with van der Waals surface area (Å²) in [4.78, 5) is 24.9. The molecule has 0 aromatic heterocycles. The summed E-state index contributed by atoms with van der Waals surface area (Å²) >= 11 is 0. The number of fused-ring (bicyclic) bond motifs is 2. The number of carboxylic acid groups (broad SMARTS) is 1. The number of rotatable bonds is 6. The van der Waals surface area contributed by atoms with Gasteiger partial charge in [0.25, 0.3) is 0 Å². The molecule has 4 heteroatoms. The van der Waals surface area contributed by atoms with Gasteiger partial charge in [-0.1, -0.05) is 6.42 Å². The third kappa shape index (κ3) is 3.28. The molecule has 0 spiro atoms. The first-order valence-corrected chi connectivity index (χ1v) is 7.52. The molecule has 2 fully saturated rings. The van der Waals surface area contributed by atoms with Gasteiger partial charge in [-0.2, -0.15) is 0 Å². The van der Waals surface area contributed by atoms with E-state index in [1.54, 1.807) is 4.90 Å². The predicted molar refractivity (Wildman–Crippen MR) is 72.7 cm³/mol. The van der Waals surface area contributed by atoms with Crippen LogP contribution in [0.3, 0.4) is 0 Å². The maximum atomic E-state index is 12.4. The van der Waals surface area contributed by atoms with Crippen LogP contribution < -0.4 is 0 Å². The minimum absolute atomic E-state index is 0.0380. The van der Waals surface area contributed by atoms with E-state index in [0.29, 0.717) is 18.9 Å². The fourth-order valence-electron chi connectivity index (χ4n) is 4.06. The van der Waals surface area contributed by atoms with Crippen LogP contribution in [0.2, 0.25) is 0 Å². The largest absolute Gasteiger partial charge is 0.481 e. The topological polar surface area (TPSA) is 57.6 Å². The zero-order chi connectivity index (χ0) is 14.0. The molecule has 4 unspecified atom stereocenters. The van der Waals surface area contributed by atoms with E-state index < -0.39 is 5.97 Å². The van der Waals surface area contributed by atoms with Gasteiger partial charge in [0, 0.05) is 19.0 Å². The fraction of sp³-hybridized carbons (Fsp3) is 0.867. The lowest BCUT2D eigenvalue weighted by Gasteiger charge is -2.30. The smallest absolute Gasteiger partial charge is 0.305 e. The quantitative estimate of drug-likeness (QED) is 0.804. The molecule has 0 radical (unpaired) electrons. The van der Waals surface area contributed by atoms with Gasteiger partial charge in [0.15, 0.2) is 0 Å². The third-order valence-corrected chi connectivity index (χ3v) is 4.98. The molecule has 1 amide bonds. The number of hydrogen-bond acceptors (Lipinski definition) is 2. The van der Waals surface area contributed by atoms with Crippen molar-refractivity contribution in [2.24, 2.45) is 17.8 Å². The van der Waals surface area contributed by atoms with Gasteiger partial charge in [-0.05, 0) is 50.9 Å². The first kappa shape index (κ1) is 14.4. The van der Waals surface area contributed by atoms with Gasteiger partial charge in [0.1, 0.15) is 0 Å². The van der Waals surface area contributed by atoms with Crippen LogP contribution in [0, 0.1) is 17.8 Å². The summed E-state index contributed by atoms with van der Waals surface area (Å²) in [5.74, 6) is 1.47. The zero-order valence-corrected chi connectivity index (χ0v) is 12.0. The molecular formula is C15H25NO3. The van der Waals surface area contributed by atoms with Gasteiger partial charge >= 0.3 is 5.97 Å². The summed E-state index contributed by atoms with van der Waals surface area (Å²) in [7, 11) is 0. The number of carbonyl (C=O) groups is 2. The zero-order valence-electron chi connectivity index (χ0n) is 12.0. The fourth-order valence-corrected chi connectivity index (χ4v) is 4.06. The number of hydrogen-bond donors (Lipinski definition) is 1. The summed E-state index contributed by atoms with van der Waals surface area (Å²) in [5, 5.41) is 8.84. The Kier molecular flexibility index (Phi) is 4.48. The van der Waals surface area contributed by atoms with E-state index in [0.717, 1.165) is 11.8 Å². The molecule has 2 rings (SSSR count). The Labute approximate surface area is 115 Å². The van der Waals surface area contributed by atoms with Crippen LogP contribution >= 0.6 is 0 Å². The van der Waals surface area contributed by atoms with Crippen LogP contribution in [0.4, 0.5) is 0 Å². The molecule has 1 N–H and O–H groups in total. The molecule has 2 saturated carbocycles. The molecule has 0 aromatic carbocycles. The monoisotopic (exact) mass is 267 g/mol. The second-order valence-electron chi connectivity index (χ2n) is 6.27. The van der Waals surface area contributed by atoms with Crippen LogP contribution in [0.5, 0.6) is 0 Å². The summed E-state index contributed by atoms with van der Waals surface area (Å²) in [6.07, 6.45) is 5.83. The van der Waals surface area contributed by atoms with Crippen LogP contribution in [-0.2, 0) is 9.59 Å². The van der Waals surface area contributed by atoms with Gasteiger partial charge < -0.3 is 10.0 Å². The highest BCUT2D eigenvalue weighted by Gasteiger charge is 2.40. The van der Waals surface area contributed by atoms with Crippen molar-refractivity contribution in [1.82, 2.24) is 4.90 Å². The molecule has 4 nitrogen and oxygen atoms in total. The summed E-state index contributed by atoms with van der Waals surface area (Å²) < 4.78 is 0. The Hall–Kier alpha value is -1.06. The van der Waals surface area contributed by atoms with Gasteiger partial charge in [0.05, 0.1) is 6.42 Å². The summed E-state index contributed by atoms with van der Waals surface area (Å²) in [6.45, 7) is 4.36. The molecule has 0 aliphatic heterocycles. The Morgan fingerprint density at radius 1 is 1.32 bits per heavy atom. The average molecular weight is 267 g/mol. The van der Waals surface area contributed by atoms with Gasteiger partial charge in [-0.15, -0.1) is 0 Å². The van der Waals surface area contributed by atoms with Crippen molar-refractivity contribution in [2.75, 3.05) is 6.54 Å². The van der Waals surface area contributed by atoms with E-state index in [-0.39, 0.29) is 18.4 Å². The third-order valence-electron chi connectivity index (χ3n) is 4.98. The Morgan fingerprint density at radius 2 is 2.05 bits per heavy atom. The van der Waals surface area contributed by atoms with Crippen molar-refractivity contribution in [3.05, 3.63) is 0 Å². The Bertz CT molecular complexity index is 355. The van der Waals surface area contributed by atoms with Crippen molar-refractivity contribution < 1.29 is 14.7 Å². The average Bonchev–Trinajstić information content (AvgIpc) is 2.90. The molecule has 0 aromatic rings. The van der Waals surface area contributed by atoms with Crippen molar-refractivity contribution in [3.63, 3.8) is 0 Å². The van der Waals surface area contributed by atoms with Crippen LogP contribution in [0.1, 0.15) is 52.4 Å². The number of carbonyl (C=O) groups excluding carboxylic acids is 1. The van der Waals surface area contributed by atoms with E-state index in [9.17, 15) is 9.59 Å². The van der Waals surface area contributed by atoms with Crippen molar-refractivity contribution in [1.29, 1.82) is 0 Å². The van der Waals surface area contributed by atoms with Crippen LogP contribution in [0.15, 0.2) is 0 Å². The summed E-state index contributed by atoms with van der Waals surface area (Å²) in [5.41, 5.74) is 0. The highest BCUT2D eigenvalue weighted by atomic mass is 16.4. The van der Waals surface area contributed by atoms with Gasteiger partial charge in [-0.3, -0.25) is 9.59 Å². The van der Waals surface area contributed by atoms with Crippen LogP contribution in [-0.4, -0.2) is 34.5 Å². The lowest BCUT2D eigenvalue weighted by molar-refractivity contribution is -0.140. The highest BCUT2D eigenvalue weighted by molar-refractivity contribution is 5.78.